The third kappa shape index (κ3) is 16.4. The number of aromatic amines is 1. The van der Waals surface area contributed by atoms with Crippen molar-refractivity contribution < 1.29 is 14.7 Å². The number of ketones is 2. The van der Waals surface area contributed by atoms with E-state index in [-0.39, 0.29) is 16.7 Å². The molecular weight excluding hydrogens is 506 g/mol. The van der Waals surface area contributed by atoms with E-state index in [1.807, 2.05) is 72.8 Å². The highest BCUT2D eigenvalue weighted by molar-refractivity contribution is 5.86. The average molecular weight is 568 g/mol. The predicted molar refractivity (Wildman–Crippen MR) is 179 cm³/mol. The topological polar surface area (TPSA) is 70.2 Å². The summed E-state index contributed by atoms with van der Waals surface area (Å²) >= 11 is 0. The minimum absolute atomic E-state index is 0.144. The fraction of sp³-hybridized carbons (Fsp3) is 0.622. The molecule has 2 rings (SSSR count). The summed E-state index contributed by atoms with van der Waals surface area (Å²) in [5, 5.41) is 10.7. The normalized spacial score (nSPS) is 12.4. The molecule has 0 aliphatic heterocycles. The van der Waals surface area contributed by atoms with Gasteiger partial charge in [-0.1, -0.05) is 107 Å². The van der Waals surface area contributed by atoms with Crippen molar-refractivity contribution in [3.8, 4) is 5.75 Å². The van der Waals surface area contributed by atoms with E-state index >= 15 is 0 Å². The first kappa shape index (κ1) is 38.4. The molecule has 1 aromatic carbocycles. The summed E-state index contributed by atoms with van der Waals surface area (Å²) in [7, 11) is 0. The van der Waals surface area contributed by atoms with E-state index in [0.717, 1.165) is 36.6 Å². The van der Waals surface area contributed by atoms with Crippen LogP contribution < -0.4 is 0 Å². The van der Waals surface area contributed by atoms with E-state index in [4.69, 9.17) is 0 Å². The fourth-order valence-electron chi connectivity index (χ4n) is 4.27. The number of Topliss-reactive ketones (excluding diaryl/α,β-unsaturated/α-hetero) is 2. The van der Waals surface area contributed by atoms with Crippen LogP contribution in [-0.4, -0.2) is 21.7 Å². The number of aromatic hydroxyl groups is 1. The number of carbonyl (C=O) groups excluding carboxylic acids is 2. The van der Waals surface area contributed by atoms with Crippen LogP contribution >= 0.6 is 0 Å². The van der Waals surface area contributed by atoms with Gasteiger partial charge in [0.05, 0.1) is 0 Å². The number of nitrogens with one attached hydrogen (secondary N) is 1. The molecule has 0 saturated heterocycles. The molecule has 1 heterocycles. The highest BCUT2D eigenvalue weighted by Gasteiger charge is 2.27. The second-order valence-corrected chi connectivity index (χ2v) is 14.2. The van der Waals surface area contributed by atoms with Crippen LogP contribution in [0.25, 0.3) is 10.9 Å². The first-order chi connectivity index (χ1) is 18.9. The number of phenolic OH excluding ortho intramolecular Hbond substituents is 1. The van der Waals surface area contributed by atoms with Crippen LogP contribution in [0.2, 0.25) is 0 Å². The molecule has 0 fully saturated rings. The Morgan fingerprint density at radius 1 is 0.902 bits per heavy atom. The Morgan fingerprint density at radius 2 is 1.49 bits per heavy atom. The molecule has 41 heavy (non-hydrogen) atoms. The number of allylic oxidation sites excluding steroid dienone is 4. The van der Waals surface area contributed by atoms with Crippen molar-refractivity contribution >= 4 is 22.5 Å². The van der Waals surface area contributed by atoms with Crippen molar-refractivity contribution in [2.75, 3.05) is 0 Å². The Hall–Kier alpha value is -2.62. The van der Waals surface area contributed by atoms with E-state index in [0.29, 0.717) is 29.2 Å². The summed E-state index contributed by atoms with van der Waals surface area (Å²) < 4.78 is 0. The molecule has 0 amide bonds. The number of phenols is 1. The summed E-state index contributed by atoms with van der Waals surface area (Å²) in [4.78, 5) is 26.3. The van der Waals surface area contributed by atoms with Gasteiger partial charge in [-0.3, -0.25) is 9.59 Å². The number of carbonyl (C=O) groups is 2. The van der Waals surface area contributed by atoms with Crippen molar-refractivity contribution in [2.45, 2.75) is 128 Å². The molecule has 0 saturated carbocycles. The van der Waals surface area contributed by atoms with Crippen LogP contribution in [0.3, 0.4) is 0 Å². The maximum Gasteiger partial charge on any atom is 0.141 e. The number of benzene rings is 1. The zero-order chi connectivity index (χ0) is 31.9. The molecule has 0 atom stereocenters. The minimum atomic E-state index is -0.195. The van der Waals surface area contributed by atoms with Gasteiger partial charge in [0.15, 0.2) is 0 Å². The van der Waals surface area contributed by atoms with Crippen molar-refractivity contribution in [3.63, 3.8) is 0 Å². The monoisotopic (exact) mass is 567 g/mol. The molecule has 0 unspecified atom stereocenters. The van der Waals surface area contributed by atoms with E-state index in [1.165, 1.54) is 18.4 Å². The van der Waals surface area contributed by atoms with E-state index < -0.39 is 0 Å². The van der Waals surface area contributed by atoms with Crippen LogP contribution in [0.4, 0.5) is 0 Å². The van der Waals surface area contributed by atoms with Gasteiger partial charge < -0.3 is 10.1 Å². The molecule has 0 aliphatic carbocycles. The molecule has 1 aromatic heterocycles. The van der Waals surface area contributed by atoms with E-state index in [1.54, 1.807) is 6.07 Å². The van der Waals surface area contributed by atoms with E-state index in [2.05, 4.69) is 58.0 Å². The first-order valence-corrected chi connectivity index (χ1v) is 15.5. The van der Waals surface area contributed by atoms with Gasteiger partial charge in [0.2, 0.25) is 0 Å². The van der Waals surface area contributed by atoms with Crippen LogP contribution in [-0.2, 0) is 16.0 Å². The third-order valence-corrected chi connectivity index (χ3v) is 6.89. The lowest BCUT2D eigenvalue weighted by Crippen LogP contribution is -2.27. The molecule has 0 bridgehead atoms. The highest BCUT2D eigenvalue weighted by atomic mass is 16.3. The number of hydrogen-bond donors (Lipinski definition) is 2. The Labute approximate surface area is 252 Å². The lowest BCUT2D eigenvalue weighted by Gasteiger charge is -2.23. The Bertz CT molecular complexity index is 1100. The standard InChI is InChI=1S/C15H21NO.C12H22O.C10H18O/c1-15(2,3)8-4-5-11-10-16-14-7-6-12(17)9-13(11)14;1-6-7-8-9-12(4,5)11(13)10(2)3;1-5-6-7-8-9(11)10(2,3)4/h6-7,9-10,16-17H,4-5,8H2,1-3H3;7-8,10H,6,9H2,1-5H3;6-7H,5,8H2,1-4H3/b;8-7-;7-6-. The van der Waals surface area contributed by atoms with Gasteiger partial charge >= 0.3 is 0 Å². The number of aromatic nitrogens is 1. The molecule has 4 nitrogen and oxygen atoms in total. The van der Waals surface area contributed by atoms with E-state index in [9.17, 15) is 14.7 Å². The van der Waals surface area contributed by atoms with Crippen molar-refractivity contribution in [3.05, 3.63) is 54.3 Å². The summed E-state index contributed by atoms with van der Waals surface area (Å²) in [6, 6.07) is 5.49. The molecule has 0 radical (unpaired) electrons. The van der Waals surface area contributed by atoms with Crippen LogP contribution in [0.5, 0.6) is 5.75 Å². The highest BCUT2D eigenvalue weighted by Crippen LogP contribution is 2.27. The number of rotatable bonds is 11. The van der Waals surface area contributed by atoms with Gasteiger partial charge in [-0.15, -0.1) is 0 Å². The van der Waals surface area contributed by atoms with Crippen LogP contribution in [0.15, 0.2) is 48.7 Å². The lowest BCUT2D eigenvalue weighted by atomic mass is 9.79. The largest absolute Gasteiger partial charge is 0.508 e. The number of hydrogen-bond acceptors (Lipinski definition) is 3. The third-order valence-electron chi connectivity index (χ3n) is 6.89. The summed E-state index contributed by atoms with van der Waals surface area (Å²) in [6.07, 6.45) is 17.3. The number of aryl methyl sites for hydroxylation is 1. The minimum Gasteiger partial charge on any atom is -0.508 e. The molecule has 232 valence electrons. The van der Waals surface area contributed by atoms with Gasteiger partial charge in [0, 0.05) is 40.3 Å². The van der Waals surface area contributed by atoms with Crippen molar-refractivity contribution in [2.24, 2.45) is 22.2 Å². The molecule has 0 aliphatic rings. The summed E-state index contributed by atoms with van der Waals surface area (Å²) in [5.74, 6) is 1.15. The van der Waals surface area contributed by atoms with Crippen LogP contribution in [0, 0.1) is 22.2 Å². The maximum absolute atomic E-state index is 11.7. The smallest absolute Gasteiger partial charge is 0.141 e. The van der Waals surface area contributed by atoms with Crippen molar-refractivity contribution in [1.82, 2.24) is 4.98 Å². The Kier molecular flexibility index (Phi) is 16.9. The number of fused-ring (bicyclic) bond motifs is 1. The quantitative estimate of drug-likeness (QED) is 0.265. The number of H-pyrrole nitrogens is 1. The van der Waals surface area contributed by atoms with Crippen molar-refractivity contribution in [1.29, 1.82) is 0 Å². The Balaban J connectivity index is 0.000000605. The summed E-state index contributed by atoms with van der Waals surface area (Å²) in [5.41, 5.74) is 2.43. The molecular formula is C37H61NO3. The van der Waals surface area contributed by atoms with Crippen LogP contribution in [0.1, 0.15) is 127 Å². The summed E-state index contributed by atoms with van der Waals surface area (Å²) in [6.45, 7) is 24.8. The first-order valence-electron chi connectivity index (χ1n) is 15.5. The lowest BCUT2D eigenvalue weighted by molar-refractivity contribution is -0.130. The zero-order valence-corrected chi connectivity index (χ0v) is 28.4. The van der Waals surface area contributed by atoms with Gasteiger partial charge in [-0.25, -0.2) is 0 Å². The maximum atomic E-state index is 11.7. The van der Waals surface area contributed by atoms with Gasteiger partial charge in [0.1, 0.15) is 17.3 Å². The van der Waals surface area contributed by atoms with Gasteiger partial charge in [0.25, 0.3) is 0 Å². The molecule has 4 heteroatoms. The second kappa shape index (κ2) is 18.0. The molecule has 0 spiro atoms. The fourth-order valence-corrected chi connectivity index (χ4v) is 4.27. The van der Waals surface area contributed by atoms with Gasteiger partial charge in [-0.05, 0) is 67.7 Å². The molecule has 2 N–H and O–H groups in total. The average Bonchev–Trinajstić information content (AvgIpc) is 3.25. The molecule has 2 aromatic rings. The Morgan fingerprint density at radius 3 is 2.00 bits per heavy atom. The predicted octanol–water partition coefficient (Wildman–Crippen LogP) is 10.8. The second-order valence-electron chi connectivity index (χ2n) is 14.2. The SMILES string of the molecule is CC(C)(C)CCCc1c[nH]c2ccc(O)cc12.CC/C=C\CC(=O)C(C)(C)C.CC/C=C\CC(C)(C)C(=O)C(C)C. The zero-order valence-electron chi connectivity index (χ0n) is 28.4. The van der Waals surface area contributed by atoms with Gasteiger partial charge in [-0.2, -0.15) is 0 Å².